The number of nitrogens with one attached hydrogen (secondary N) is 1. The van der Waals surface area contributed by atoms with E-state index in [1.165, 1.54) is 24.7 Å². The van der Waals surface area contributed by atoms with Crippen molar-refractivity contribution in [2.75, 3.05) is 25.9 Å². The molecule has 1 saturated carbocycles. The summed E-state index contributed by atoms with van der Waals surface area (Å²) in [5, 5.41) is 3.19. The number of benzene rings is 2. The van der Waals surface area contributed by atoms with Crippen molar-refractivity contribution in [1.82, 2.24) is 10.2 Å². The van der Waals surface area contributed by atoms with Gasteiger partial charge in [0.05, 0.1) is 16.4 Å². The molecule has 0 aromatic heterocycles. The van der Waals surface area contributed by atoms with E-state index in [1.54, 1.807) is 18.2 Å². The van der Waals surface area contributed by atoms with E-state index in [-0.39, 0.29) is 16.8 Å². The SMILES string of the molecule is CS(=O)(=O)c1cccc(C2(C(=O)NCC(c3ccccc3)N3CCCC3)CC2)c1. The zero-order valence-electron chi connectivity index (χ0n) is 16.8. The summed E-state index contributed by atoms with van der Waals surface area (Å²) in [4.78, 5) is 15.9. The van der Waals surface area contributed by atoms with Crippen LogP contribution in [0.25, 0.3) is 0 Å². The van der Waals surface area contributed by atoms with Gasteiger partial charge in [-0.2, -0.15) is 0 Å². The lowest BCUT2D eigenvalue weighted by atomic mass is 9.94. The van der Waals surface area contributed by atoms with Crippen LogP contribution in [0.15, 0.2) is 59.5 Å². The molecule has 4 rings (SSSR count). The van der Waals surface area contributed by atoms with Gasteiger partial charge in [0.15, 0.2) is 9.84 Å². The average Bonchev–Trinajstić information content (AvgIpc) is 3.37. The Morgan fingerprint density at radius 2 is 1.76 bits per heavy atom. The Hall–Kier alpha value is -2.18. The molecule has 2 aromatic rings. The minimum atomic E-state index is -3.29. The van der Waals surface area contributed by atoms with E-state index in [9.17, 15) is 13.2 Å². The maximum Gasteiger partial charge on any atom is 0.230 e. The van der Waals surface area contributed by atoms with Gasteiger partial charge in [-0.25, -0.2) is 8.42 Å². The number of hydrogen-bond acceptors (Lipinski definition) is 4. The molecule has 1 unspecified atom stereocenters. The van der Waals surface area contributed by atoms with E-state index in [0.29, 0.717) is 6.54 Å². The molecule has 2 aliphatic rings. The molecular weight excluding hydrogens is 384 g/mol. The van der Waals surface area contributed by atoms with Crippen LogP contribution in [0.3, 0.4) is 0 Å². The first-order valence-electron chi connectivity index (χ1n) is 10.3. The van der Waals surface area contributed by atoms with Crippen LogP contribution in [0.4, 0.5) is 0 Å². The van der Waals surface area contributed by atoms with Crippen molar-refractivity contribution in [3.05, 3.63) is 65.7 Å². The standard InChI is InChI=1S/C23H28N2O3S/c1-29(27,28)20-11-7-10-19(16-20)23(12-13-23)22(26)24-17-21(25-14-5-6-15-25)18-8-3-2-4-9-18/h2-4,7-11,16,21H,5-6,12-15,17H2,1H3,(H,24,26). The number of amides is 1. The molecule has 1 saturated heterocycles. The molecule has 0 bridgehead atoms. The predicted octanol–water partition coefficient (Wildman–Crippen LogP) is 3.08. The van der Waals surface area contributed by atoms with Crippen molar-refractivity contribution in [1.29, 1.82) is 0 Å². The lowest BCUT2D eigenvalue weighted by Gasteiger charge is -2.29. The molecule has 1 aliphatic heterocycles. The molecule has 1 amide bonds. The number of sulfone groups is 1. The molecule has 6 heteroatoms. The highest BCUT2D eigenvalue weighted by molar-refractivity contribution is 7.90. The van der Waals surface area contributed by atoms with Crippen LogP contribution in [-0.4, -0.2) is 45.1 Å². The van der Waals surface area contributed by atoms with E-state index in [2.05, 4.69) is 22.3 Å². The molecule has 2 fully saturated rings. The van der Waals surface area contributed by atoms with Gasteiger partial charge in [0.1, 0.15) is 0 Å². The van der Waals surface area contributed by atoms with Gasteiger partial charge >= 0.3 is 0 Å². The minimum Gasteiger partial charge on any atom is -0.353 e. The molecule has 1 aliphatic carbocycles. The molecule has 1 heterocycles. The predicted molar refractivity (Wildman–Crippen MR) is 113 cm³/mol. The smallest absolute Gasteiger partial charge is 0.230 e. The average molecular weight is 413 g/mol. The molecular formula is C23H28N2O3S. The fraction of sp³-hybridized carbons (Fsp3) is 0.435. The van der Waals surface area contributed by atoms with Crippen LogP contribution in [0.2, 0.25) is 0 Å². The van der Waals surface area contributed by atoms with Crippen molar-refractivity contribution >= 4 is 15.7 Å². The topological polar surface area (TPSA) is 66.5 Å². The van der Waals surface area contributed by atoms with Gasteiger partial charge in [0, 0.05) is 12.8 Å². The number of carbonyl (C=O) groups excluding carboxylic acids is 1. The van der Waals surface area contributed by atoms with Gasteiger partial charge in [-0.3, -0.25) is 9.69 Å². The summed E-state index contributed by atoms with van der Waals surface area (Å²) in [6.45, 7) is 2.67. The van der Waals surface area contributed by atoms with E-state index in [1.807, 2.05) is 24.3 Å². The Balaban J connectivity index is 1.51. The van der Waals surface area contributed by atoms with Crippen LogP contribution >= 0.6 is 0 Å². The zero-order chi connectivity index (χ0) is 20.5. The lowest BCUT2D eigenvalue weighted by molar-refractivity contribution is -0.123. The van der Waals surface area contributed by atoms with Crippen LogP contribution in [0.5, 0.6) is 0 Å². The third-order valence-corrected chi connectivity index (χ3v) is 7.33. The highest BCUT2D eigenvalue weighted by Gasteiger charge is 2.51. The monoisotopic (exact) mass is 412 g/mol. The number of rotatable bonds is 7. The fourth-order valence-corrected chi connectivity index (χ4v) is 5.01. The molecule has 29 heavy (non-hydrogen) atoms. The van der Waals surface area contributed by atoms with Gasteiger partial charge in [-0.1, -0.05) is 42.5 Å². The van der Waals surface area contributed by atoms with Crippen molar-refractivity contribution in [3.63, 3.8) is 0 Å². The summed E-state index contributed by atoms with van der Waals surface area (Å²) < 4.78 is 23.8. The zero-order valence-corrected chi connectivity index (χ0v) is 17.6. The summed E-state index contributed by atoms with van der Waals surface area (Å²) in [5.74, 6) is 0.00304. The number of nitrogens with zero attached hydrogens (tertiary/aromatic N) is 1. The minimum absolute atomic E-state index is 0.00304. The first kappa shape index (κ1) is 20.1. The third-order valence-electron chi connectivity index (χ3n) is 6.22. The first-order valence-corrected chi connectivity index (χ1v) is 12.2. The molecule has 1 atom stereocenters. The highest BCUT2D eigenvalue weighted by Crippen LogP contribution is 2.48. The number of hydrogen-bond donors (Lipinski definition) is 1. The molecule has 154 valence electrons. The first-order chi connectivity index (χ1) is 13.9. The summed E-state index contributed by atoms with van der Waals surface area (Å²) >= 11 is 0. The molecule has 2 aromatic carbocycles. The van der Waals surface area contributed by atoms with Gasteiger partial charge in [0.25, 0.3) is 0 Å². The third kappa shape index (κ3) is 4.23. The second kappa shape index (κ2) is 7.92. The van der Waals surface area contributed by atoms with E-state index in [4.69, 9.17) is 0 Å². The lowest BCUT2D eigenvalue weighted by Crippen LogP contribution is -2.41. The largest absolute Gasteiger partial charge is 0.353 e. The fourth-order valence-electron chi connectivity index (χ4n) is 4.34. The van der Waals surface area contributed by atoms with E-state index >= 15 is 0 Å². The van der Waals surface area contributed by atoms with Crippen molar-refractivity contribution in [3.8, 4) is 0 Å². The van der Waals surface area contributed by atoms with Crippen LogP contribution < -0.4 is 5.32 Å². The van der Waals surface area contributed by atoms with E-state index < -0.39 is 15.3 Å². The maximum atomic E-state index is 13.2. The van der Waals surface area contributed by atoms with E-state index in [0.717, 1.165) is 31.5 Å². The van der Waals surface area contributed by atoms with Crippen molar-refractivity contribution in [2.45, 2.75) is 42.0 Å². The Kier molecular flexibility index (Phi) is 5.49. The Labute approximate surface area is 173 Å². The molecule has 0 radical (unpaired) electrons. The van der Waals surface area contributed by atoms with Crippen molar-refractivity contribution < 1.29 is 13.2 Å². The normalized spacial score (nSPS) is 19.6. The number of carbonyl (C=O) groups is 1. The Morgan fingerprint density at radius 1 is 1.07 bits per heavy atom. The number of likely N-dealkylation sites (tertiary alicyclic amines) is 1. The Bertz CT molecular complexity index is 978. The highest BCUT2D eigenvalue weighted by atomic mass is 32.2. The van der Waals surface area contributed by atoms with Gasteiger partial charge < -0.3 is 5.32 Å². The quantitative estimate of drug-likeness (QED) is 0.759. The molecule has 1 N–H and O–H groups in total. The second-order valence-corrected chi connectivity index (χ2v) is 10.3. The summed E-state index contributed by atoms with van der Waals surface area (Å²) in [5.41, 5.74) is 1.43. The maximum absolute atomic E-state index is 13.2. The summed E-state index contributed by atoms with van der Waals surface area (Å²) in [6.07, 6.45) is 5.10. The second-order valence-electron chi connectivity index (χ2n) is 8.26. The van der Waals surface area contributed by atoms with Gasteiger partial charge in [-0.15, -0.1) is 0 Å². The van der Waals surface area contributed by atoms with Crippen LogP contribution in [0, 0.1) is 0 Å². The van der Waals surface area contributed by atoms with Gasteiger partial charge in [-0.05, 0) is 62.0 Å². The van der Waals surface area contributed by atoms with Gasteiger partial charge in [0.2, 0.25) is 5.91 Å². The molecule has 0 spiro atoms. The van der Waals surface area contributed by atoms with Crippen molar-refractivity contribution in [2.24, 2.45) is 0 Å². The summed E-state index contributed by atoms with van der Waals surface area (Å²) in [6, 6.07) is 17.4. The summed E-state index contributed by atoms with van der Waals surface area (Å²) in [7, 11) is -3.29. The Morgan fingerprint density at radius 3 is 2.38 bits per heavy atom. The van der Waals surface area contributed by atoms with Crippen LogP contribution in [0.1, 0.15) is 42.9 Å². The van der Waals surface area contributed by atoms with Crippen LogP contribution in [-0.2, 0) is 20.0 Å². The molecule has 5 nitrogen and oxygen atoms in total.